The number of rotatable bonds is 5. The van der Waals surface area contributed by atoms with Crippen LogP contribution in [-0.4, -0.2) is 26.1 Å². The van der Waals surface area contributed by atoms with Crippen LogP contribution in [0.25, 0.3) is 11.5 Å². The molecule has 3 heterocycles. The lowest BCUT2D eigenvalue weighted by Gasteiger charge is -2.09. The number of aromatic nitrogens is 3. The summed E-state index contributed by atoms with van der Waals surface area (Å²) in [6.45, 7) is 0.601. The van der Waals surface area contributed by atoms with E-state index in [9.17, 15) is 0 Å². The van der Waals surface area contributed by atoms with Crippen molar-refractivity contribution in [3.63, 3.8) is 0 Å². The Hall–Kier alpha value is -2.48. The lowest BCUT2D eigenvalue weighted by atomic mass is 10.0. The molecule has 0 spiro atoms. The van der Waals surface area contributed by atoms with Gasteiger partial charge in [-0.15, -0.1) is 5.10 Å². The number of aliphatic hydroxyl groups excluding tert-OH is 1. The molecule has 1 fully saturated rings. The third-order valence-electron chi connectivity index (χ3n) is 4.20. The Bertz CT molecular complexity index is 798. The van der Waals surface area contributed by atoms with Gasteiger partial charge in [-0.25, -0.2) is 5.43 Å². The third-order valence-corrected chi connectivity index (χ3v) is 4.20. The fraction of sp³-hybridized carbons (Fsp3) is 0.294. The highest BCUT2D eigenvalue weighted by Gasteiger charge is 2.25. The second kappa shape index (κ2) is 6.56. The number of hydrogen-bond acceptors (Lipinski definition) is 6. The molecule has 0 bridgehead atoms. The van der Waals surface area contributed by atoms with Crippen molar-refractivity contribution in [2.24, 2.45) is 0 Å². The first-order chi connectivity index (χ1) is 11.8. The Labute approximate surface area is 139 Å². The molecule has 1 aliphatic rings. The second-order valence-corrected chi connectivity index (χ2v) is 5.93. The van der Waals surface area contributed by atoms with E-state index in [-0.39, 0.29) is 12.6 Å². The Morgan fingerprint density at radius 3 is 2.83 bits per heavy atom. The maximum atomic E-state index is 9.06. The van der Waals surface area contributed by atoms with Crippen LogP contribution in [0.15, 0.2) is 53.1 Å². The van der Waals surface area contributed by atoms with Gasteiger partial charge in [0.15, 0.2) is 5.76 Å². The predicted octanol–water partition coefficient (Wildman–Crippen LogP) is 1.64. The summed E-state index contributed by atoms with van der Waals surface area (Å²) in [5, 5.41) is 17.4. The van der Waals surface area contributed by atoms with Gasteiger partial charge in [0.25, 0.3) is 0 Å². The smallest absolute Gasteiger partial charge is 0.156 e. The fourth-order valence-electron chi connectivity index (χ4n) is 2.97. The summed E-state index contributed by atoms with van der Waals surface area (Å²) >= 11 is 0. The van der Waals surface area contributed by atoms with Gasteiger partial charge in [-0.05, 0) is 24.1 Å². The summed E-state index contributed by atoms with van der Waals surface area (Å²) in [5.41, 5.74) is 8.60. The van der Waals surface area contributed by atoms with Crippen LogP contribution in [0.4, 0.5) is 0 Å². The van der Waals surface area contributed by atoms with Crippen LogP contribution in [0.2, 0.25) is 0 Å². The van der Waals surface area contributed by atoms with E-state index in [2.05, 4.69) is 45.4 Å². The number of aliphatic hydroxyl groups is 1. The van der Waals surface area contributed by atoms with Gasteiger partial charge in [0.05, 0.1) is 12.7 Å². The van der Waals surface area contributed by atoms with Gasteiger partial charge in [0, 0.05) is 12.1 Å². The molecule has 2 atom stereocenters. The fourth-order valence-corrected chi connectivity index (χ4v) is 2.97. The molecule has 1 saturated heterocycles. The molecule has 1 aliphatic heterocycles. The van der Waals surface area contributed by atoms with E-state index in [4.69, 9.17) is 9.52 Å². The van der Waals surface area contributed by atoms with Gasteiger partial charge in [-0.3, -0.25) is 10.1 Å². The second-order valence-electron chi connectivity index (χ2n) is 5.93. The molecule has 7 heteroatoms. The lowest BCUT2D eigenvalue weighted by molar-refractivity contribution is 0.248. The first-order valence-electron chi connectivity index (χ1n) is 7.98. The molecule has 3 N–H and O–H groups in total. The molecule has 2 unspecified atom stereocenters. The molecule has 4 rings (SSSR count). The minimum Gasteiger partial charge on any atom is -0.457 e. The molecular weight excluding hydrogens is 306 g/mol. The van der Waals surface area contributed by atoms with E-state index in [0.29, 0.717) is 23.3 Å². The maximum Gasteiger partial charge on any atom is 0.156 e. The highest BCUT2D eigenvalue weighted by molar-refractivity contribution is 5.50. The zero-order valence-corrected chi connectivity index (χ0v) is 13.1. The van der Waals surface area contributed by atoms with Crippen LogP contribution in [0.3, 0.4) is 0 Å². The van der Waals surface area contributed by atoms with Crippen molar-refractivity contribution in [2.75, 3.05) is 0 Å². The molecule has 0 aliphatic carbocycles. The standard InChI is InChI=1S/C17H19N5O2/c23-11-14-6-7-17(24-14)16-10-22(21-20-16)9-13-8-15(19-18-13)12-4-2-1-3-5-12/h1-7,10,13,15,18-19,23H,8-9,11H2. The highest BCUT2D eigenvalue weighted by Crippen LogP contribution is 2.23. The normalized spacial score (nSPS) is 20.5. The number of benzene rings is 1. The molecular formula is C17H19N5O2. The first-order valence-corrected chi connectivity index (χ1v) is 7.98. The van der Waals surface area contributed by atoms with Crippen LogP contribution < -0.4 is 10.9 Å². The lowest BCUT2D eigenvalue weighted by Crippen LogP contribution is -2.33. The van der Waals surface area contributed by atoms with Crippen LogP contribution in [0.5, 0.6) is 0 Å². The average Bonchev–Trinajstić information content (AvgIpc) is 3.36. The minimum atomic E-state index is -0.118. The topological polar surface area (TPSA) is 88.1 Å². The SMILES string of the molecule is OCc1ccc(-c2cn(CC3CC(c4ccccc4)NN3)nn2)o1. The van der Waals surface area contributed by atoms with Crippen LogP contribution >= 0.6 is 0 Å². The first kappa shape index (κ1) is 15.1. The zero-order valence-electron chi connectivity index (χ0n) is 13.1. The third kappa shape index (κ3) is 3.09. The number of nitrogens with one attached hydrogen (secondary N) is 2. The average molecular weight is 325 g/mol. The van der Waals surface area contributed by atoms with E-state index in [1.165, 1.54) is 5.56 Å². The van der Waals surface area contributed by atoms with Gasteiger partial charge < -0.3 is 9.52 Å². The summed E-state index contributed by atoms with van der Waals surface area (Å²) in [6.07, 6.45) is 2.84. The molecule has 3 aromatic rings. The van der Waals surface area contributed by atoms with Crippen LogP contribution in [0, 0.1) is 0 Å². The Balaban J connectivity index is 1.40. The molecule has 2 aromatic heterocycles. The Morgan fingerprint density at radius 2 is 2.04 bits per heavy atom. The van der Waals surface area contributed by atoms with Crippen molar-refractivity contribution in [2.45, 2.75) is 31.7 Å². The number of hydrogen-bond donors (Lipinski definition) is 3. The van der Waals surface area contributed by atoms with Gasteiger partial charge in [0.2, 0.25) is 0 Å². The summed E-state index contributed by atoms with van der Waals surface area (Å²) < 4.78 is 7.29. The van der Waals surface area contributed by atoms with Gasteiger partial charge in [0.1, 0.15) is 18.1 Å². The Kier molecular flexibility index (Phi) is 4.12. The van der Waals surface area contributed by atoms with Crippen molar-refractivity contribution < 1.29 is 9.52 Å². The minimum absolute atomic E-state index is 0.118. The van der Waals surface area contributed by atoms with E-state index in [0.717, 1.165) is 13.0 Å². The van der Waals surface area contributed by atoms with Crippen molar-refractivity contribution in [1.29, 1.82) is 0 Å². The molecule has 0 radical (unpaired) electrons. The van der Waals surface area contributed by atoms with Crippen molar-refractivity contribution >= 4 is 0 Å². The highest BCUT2D eigenvalue weighted by atomic mass is 16.4. The molecule has 7 nitrogen and oxygen atoms in total. The molecule has 124 valence electrons. The van der Waals surface area contributed by atoms with Crippen molar-refractivity contribution in [1.82, 2.24) is 25.8 Å². The van der Waals surface area contributed by atoms with Crippen LogP contribution in [-0.2, 0) is 13.2 Å². The van der Waals surface area contributed by atoms with Crippen molar-refractivity contribution in [3.8, 4) is 11.5 Å². The predicted molar refractivity (Wildman–Crippen MR) is 87.5 cm³/mol. The number of nitrogens with zero attached hydrogens (tertiary/aromatic N) is 3. The summed E-state index contributed by atoms with van der Waals surface area (Å²) in [6, 6.07) is 14.5. The van der Waals surface area contributed by atoms with Crippen molar-refractivity contribution in [3.05, 3.63) is 60.0 Å². The van der Waals surface area contributed by atoms with Gasteiger partial charge in [-0.2, -0.15) is 0 Å². The van der Waals surface area contributed by atoms with E-state index in [1.54, 1.807) is 12.1 Å². The molecule has 24 heavy (non-hydrogen) atoms. The quantitative estimate of drug-likeness (QED) is 0.661. The Morgan fingerprint density at radius 1 is 1.17 bits per heavy atom. The molecule has 1 aromatic carbocycles. The molecule has 0 saturated carbocycles. The van der Waals surface area contributed by atoms with E-state index in [1.807, 2.05) is 16.9 Å². The summed E-state index contributed by atoms with van der Waals surface area (Å²) in [4.78, 5) is 0. The number of hydrazine groups is 1. The summed E-state index contributed by atoms with van der Waals surface area (Å²) in [5.74, 6) is 1.14. The summed E-state index contributed by atoms with van der Waals surface area (Å²) in [7, 11) is 0. The van der Waals surface area contributed by atoms with Gasteiger partial charge in [-0.1, -0.05) is 35.5 Å². The van der Waals surface area contributed by atoms with Gasteiger partial charge >= 0.3 is 0 Å². The number of furan rings is 1. The van der Waals surface area contributed by atoms with E-state index >= 15 is 0 Å². The van der Waals surface area contributed by atoms with Crippen LogP contribution in [0.1, 0.15) is 23.8 Å². The largest absolute Gasteiger partial charge is 0.457 e. The monoisotopic (exact) mass is 325 g/mol. The van der Waals surface area contributed by atoms with E-state index < -0.39 is 0 Å². The zero-order chi connectivity index (χ0) is 16.4. The molecule has 0 amide bonds. The maximum absolute atomic E-state index is 9.06.